The van der Waals surface area contributed by atoms with E-state index in [9.17, 15) is 45.6 Å². The summed E-state index contributed by atoms with van der Waals surface area (Å²) in [6, 6.07) is 0. The molecule has 0 unspecified atom stereocenters. The molecule has 15 nitrogen and oxygen atoms in total. The van der Waals surface area contributed by atoms with Crippen molar-refractivity contribution in [3.05, 3.63) is 0 Å². The lowest BCUT2D eigenvalue weighted by Crippen LogP contribution is -2.65. The van der Waals surface area contributed by atoms with Gasteiger partial charge in [-0.05, 0) is 0 Å². The van der Waals surface area contributed by atoms with Gasteiger partial charge in [-0.1, -0.05) is 0 Å². The number of carboxylic acid groups (broad SMARTS) is 1. The van der Waals surface area contributed by atoms with E-state index in [0.717, 1.165) is 0 Å². The summed E-state index contributed by atoms with van der Waals surface area (Å²) >= 11 is 0. The van der Waals surface area contributed by atoms with Crippen molar-refractivity contribution in [2.75, 3.05) is 13.2 Å². The number of carboxylic acids is 1. The molecule has 0 aliphatic carbocycles. The van der Waals surface area contributed by atoms with Gasteiger partial charge in [0.25, 0.3) is 0 Å². The van der Waals surface area contributed by atoms with Crippen LogP contribution in [0.4, 0.5) is 0 Å². The van der Waals surface area contributed by atoms with Crippen LogP contribution in [0.15, 0.2) is 0 Å². The Labute approximate surface area is 174 Å². The molecule has 15 heteroatoms. The summed E-state index contributed by atoms with van der Waals surface area (Å²) < 4.78 is 25.7. The molecule has 0 aromatic rings. The zero-order valence-corrected chi connectivity index (χ0v) is 15.9. The standard InChI is InChI=1S/C16H26O15/c17-3-1-27-15(7(21)5(3)19)31-12-6(20)4(18)2-28-16(12)30-10-8(22)11(13(24)25)29-14(26)9(10)23/h3-12,14-23,26H,1-2H2,(H,24,25)/t3-,4-,5+,6+,7-,8+,9-,10+,11+,12-,14-,15+,16+/m1/s1. The molecule has 3 saturated heterocycles. The van der Waals surface area contributed by atoms with Gasteiger partial charge in [-0.25, -0.2) is 4.79 Å². The van der Waals surface area contributed by atoms with Crippen LogP contribution in [0.25, 0.3) is 0 Å². The maximum Gasteiger partial charge on any atom is 0.335 e. The number of aliphatic hydroxyl groups is 8. The molecule has 0 bridgehead atoms. The second-order valence-electron chi connectivity index (χ2n) is 7.48. The lowest BCUT2D eigenvalue weighted by molar-refractivity contribution is -0.368. The lowest BCUT2D eigenvalue weighted by Gasteiger charge is -2.45. The Hall–Kier alpha value is -1.05. The fraction of sp³-hybridized carbons (Fsp3) is 0.938. The van der Waals surface area contributed by atoms with Crippen LogP contribution in [0, 0.1) is 0 Å². The van der Waals surface area contributed by atoms with E-state index >= 15 is 0 Å². The number of rotatable bonds is 5. The van der Waals surface area contributed by atoms with Gasteiger partial charge in [-0.15, -0.1) is 0 Å². The molecule has 3 aliphatic heterocycles. The third kappa shape index (κ3) is 4.98. The highest BCUT2D eigenvalue weighted by atomic mass is 16.8. The summed E-state index contributed by atoms with van der Waals surface area (Å²) in [6.07, 6.45) is -22.5. The molecule has 3 rings (SSSR count). The number of hydrogen-bond acceptors (Lipinski definition) is 14. The van der Waals surface area contributed by atoms with Crippen molar-refractivity contribution in [2.24, 2.45) is 0 Å². The van der Waals surface area contributed by atoms with Crippen molar-refractivity contribution in [2.45, 2.75) is 79.9 Å². The van der Waals surface area contributed by atoms with Crippen molar-refractivity contribution < 1.29 is 74.4 Å². The first-order chi connectivity index (χ1) is 14.5. The van der Waals surface area contributed by atoms with Crippen molar-refractivity contribution in [3.8, 4) is 0 Å². The minimum atomic E-state index is -2.03. The van der Waals surface area contributed by atoms with Crippen molar-refractivity contribution in [1.29, 1.82) is 0 Å². The van der Waals surface area contributed by atoms with Gasteiger partial charge in [0.2, 0.25) is 0 Å². The largest absolute Gasteiger partial charge is 0.479 e. The molecule has 180 valence electrons. The summed E-state index contributed by atoms with van der Waals surface area (Å²) in [7, 11) is 0. The molecule has 31 heavy (non-hydrogen) atoms. The van der Waals surface area contributed by atoms with E-state index in [4.69, 9.17) is 24.1 Å². The van der Waals surface area contributed by atoms with Crippen LogP contribution in [-0.4, -0.2) is 145 Å². The van der Waals surface area contributed by atoms with Gasteiger partial charge >= 0.3 is 5.97 Å². The van der Waals surface area contributed by atoms with E-state index in [1.807, 2.05) is 0 Å². The van der Waals surface area contributed by atoms with Crippen molar-refractivity contribution >= 4 is 5.97 Å². The number of aliphatic carboxylic acids is 1. The Morgan fingerprint density at radius 3 is 1.84 bits per heavy atom. The Kier molecular flexibility index (Phi) is 7.80. The van der Waals surface area contributed by atoms with E-state index in [1.165, 1.54) is 0 Å². The normalized spacial score (nSPS) is 51.4. The fourth-order valence-electron chi connectivity index (χ4n) is 3.45. The Morgan fingerprint density at radius 2 is 1.23 bits per heavy atom. The van der Waals surface area contributed by atoms with E-state index in [1.54, 1.807) is 0 Å². The number of ether oxygens (including phenoxy) is 5. The average Bonchev–Trinajstić information content (AvgIpc) is 2.72. The zero-order chi connectivity index (χ0) is 23.0. The van der Waals surface area contributed by atoms with E-state index in [-0.39, 0.29) is 0 Å². The molecule has 0 aromatic heterocycles. The minimum absolute atomic E-state index is 0.426. The molecular formula is C16H26O15. The third-order valence-electron chi connectivity index (χ3n) is 5.27. The predicted molar refractivity (Wildman–Crippen MR) is 89.8 cm³/mol. The minimum Gasteiger partial charge on any atom is -0.479 e. The zero-order valence-electron chi connectivity index (χ0n) is 15.9. The maximum absolute atomic E-state index is 11.2. The van der Waals surface area contributed by atoms with Crippen molar-refractivity contribution in [3.63, 3.8) is 0 Å². The van der Waals surface area contributed by atoms with Gasteiger partial charge in [0, 0.05) is 0 Å². The van der Waals surface area contributed by atoms with Gasteiger partial charge < -0.3 is 69.6 Å². The first-order valence-electron chi connectivity index (χ1n) is 9.39. The SMILES string of the molecule is O=C(O)[C@H]1O[C@@H](O)[C@H](O)[C@@H](O[C@@H]2OC[C@@H](O)[C@H](O)[C@H]2O[C@@H]2OC[C@@H](O)[C@H](O)[C@H]2O)[C@@H]1O. The average molecular weight is 458 g/mol. The molecule has 9 N–H and O–H groups in total. The van der Waals surface area contributed by atoms with Crippen LogP contribution in [-0.2, 0) is 28.5 Å². The van der Waals surface area contributed by atoms with Gasteiger partial charge in [0.1, 0.15) is 54.9 Å². The summed E-state index contributed by atoms with van der Waals surface area (Å²) in [4.78, 5) is 11.2. The monoisotopic (exact) mass is 458 g/mol. The summed E-state index contributed by atoms with van der Waals surface area (Å²) in [5, 5.41) is 88.7. The van der Waals surface area contributed by atoms with Crippen molar-refractivity contribution in [1.82, 2.24) is 0 Å². The summed E-state index contributed by atoms with van der Waals surface area (Å²) in [6.45, 7) is -0.911. The van der Waals surface area contributed by atoms with Crippen LogP contribution in [0.3, 0.4) is 0 Å². The maximum atomic E-state index is 11.2. The Morgan fingerprint density at radius 1 is 0.677 bits per heavy atom. The Balaban J connectivity index is 1.77. The first-order valence-corrected chi connectivity index (χ1v) is 9.39. The van der Waals surface area contributed by atoms with Gasteiger partial charge in [0.05, 0.1) is 13.2 Å². The van der Waals surface area contributed by atoms with Crippen LogP contribution in [0.2, 0.25) is 0 Å². The quantitative estimate of drug-likeness (QED) is 0.186. The highest BCUT2D eigenvalue weighted by molar-refractivity contribution is 5.73. The lowest BCUT2D eigenvalue weighted by atomic mass is 9.98. The summed E-state index contributed by atoms with van der Waals surface area (Å²) in [5.41, 5.74) is 0. The number of hydrogen-bond donors (Lipinski definition) is 9. The number of aliphatic hydroxyl groups excluding tert-OH is 8. The van der Waals surface area contributed by atoms with E-state index in [2.05, 4.69) is 4.74 Å². The highest BCUT2D eigenvalue weighted by Crippen LogP contribution is 2.30. The van der Waals surface area contributed by atoms with Gasteiger partial charge in [0.15, 0.2) is 25.0 Å². The van der Waals surface area contributed by atoms with Crippen LogP contribution >= 0.6 is 0 Å². The molecule has 3 heterocycles. The summed E-state index contributed by atoms with van der Waals surface area (Å²) in [5.74, 6) is -1.65. The second kappa shape index (κ2) is 9.84. The van der Waals surface area contributed by atoms with Crippen LogP contribution in [0.5, 0.6) is 0 Å². The predicted octanol–water partition coefficient (Wildman–Crippen LogP) is -6.20. The second-order valence-corrected chi connectivity index (χ2v) is 7.48. The third-order valence-corrected chi connectivity index (χ3v) is 5.27. The molecular weight excluding hydrogens is 432 g/mol. The molecule has 0 aromatic carbocycles. The van der Waals surface area contributed by atoms with Crippen LogP contribution < -0.4 is 0 Å². The molecule has 0 spiro atoms. The van der Waals surface area contributed by atoms with Gasteiger partial charge in [-0.3, -0.25) is 0 Å². The first kappa shape index (κ1) is 24.6. The fourth-order valence-corrected chi connectivity index (χ4v) is 3.45. The molecule has 3 fully saturated rings. The van der Waals surface area contributed by atoms with E-state index in [0.29, 0.717) is 0 Å². The number of carbonyl (C=O) groups is 1. The topological polar surface area (TPSA) is 245 Å². The molecule has 13 atom stereocenters. The molecule has 0 radical (unpaired) electrons. The highest BCUT2D eigenvalue weighted by Gasteiger charge is 2.52. The molecule has 0 saturated carbocycles. The smallest absolute Gasteiger partial charge is 0.335 e. The van der Waals surface area contributed by atoms with Gasteiger partial charge in [-0.2, -0.15) is 0 Å². The molecule has 3 aliphatic rings. The van der Waals surface area contributed by atoms with E-state index < -0.39 is 99.1 Å². The Bertz CT molecular complexity index is 620. The van der Waals surface area contributed by atoms with Crippen LogP contribution in [0.1, 0.15) is 0 Å². The molecule has 0 amide bonds.